The molecule has 4 aromatic rings. The smallest absolute Gasteiger partial charge is 0.338 e. The molecule has 2 fully saturated rings. The highest BCUT2D eigenvalue weighted by Gasteiger charge is 2.40. The van der Waals surface area contributed by atoms with Crippen molar-refractivity contribution in [3.63, 3.8) is 0 Å². The number of fused-ring (bicyclic) bond motifs is 2. The average molecular weight is 649 g/mol. The third-order valence-electron chi connectivity index (χ3n) is 9.79. The fourth-order valence-electron chi connectivity index (χ4n) is 7.40. The van der Waals surface area contributed by atoms with Gasteiger partial charge in [-0.2, -0.15) is 0 Å². The van der Waals surface area contributed by atoms with Crippen molar-refractivity contribution in [1.29, 1.82) is 0 Å². The summed E-state index contributed by atoms with van der Waals surface area (Å²) in [4.78, 5) is 37.6. The molecule has 1 aromatic carbocycles. The van der Waals surface area contributed by atoms with E-state index in [2.05, 4.69) is 9.88 Å². The Morgan fingerprint density at radius 1 is 1.18 bits per heavy atom. The molecule has 1 aliphatic carbocycles. The summed E-state index contributed by atoms with van der Waals surface area (Å²) in [5, 5.41) is 11.8. The van der Waals surface area contributed by atoms with Crippen LogP contribution in [-0.2, 0) is 24.1 Å². The summed E-state index contributed by atoms with van der Waals surface area (Å²) in [6.45, 7) is 7.28. The van der Waals surface area contributed by atoms with E-state index in [1.54, 1.807) is 16.0 Å². The van der Waals surface area contributed by atoms with Crippen molar-refractivity contribution < 1.29 is 19.4 Å². The van der Waals surface area contributed by atoms with Crippen LogP contribution in [0.25, 0.3) is 21.3 Å². The highest BCUT2D eigenvalue weighted by Crippen LogP contribution is 2.41. The van der Waals surface area contributed by atoms with Crippen LogP contribution in [0.5, 0.6) is 5.75 Å². The van der Waals surface area contributed by atoms with Crippen molar-refractivity contribution in [1.82, 2.24) is 19.4 Å². The minimum Gasteiger partial charge on any atom is -0.491 e. The van der Waals surface area contributed by atoms with Gasteiger partial charge in [-0.25, -0.2) is 9.78 Å². The number of piperidine rings is 1. The number of ether oxygens (including phenoxy) is 2. The van der Waals surface area contributed by atoms with E-state index in [0.717, 1.165) is 78.9 Å². The standard InChI is InChI=1S/C34H37ClN4O5S/c1-20-16-25(31-30(36-20)27(19-45-31)33(41)42)24-17-22(35)4-7-29(24)43-15-13-39-21(2)37-28-6-5-23(18-26(28)32(39)40)38-11-9-34(10-12-38)8-3-14-44-34/h4,7,16-17,19,23H,3,5-6,8-15,18H2,1-2H3,(H,41,42)/t23-/m0/s1. The van der Waals surface area contributed by atoms with Crippen LogP contribution in [0.1, 0.15) is 65.2 Å². The first-order valence-corrected chi connectivity index (χ1v) is 17.0. The van der Waals surface area contributed by atoms with E-state index >= 15 is 0 Å². The first-order valence-electron chi connectivity index (χ1n) is 15.7. The van der Waals surface area contributed by atoms with Gasteiger partial charge in [0.25, 0.3) is 5.56 Å². The lowest BCUT2D eigenvalue weighted by Crippen LogP contribution is -2.50. The van der Waals surface area contributed by atoms with E-state index in [-0.39, 0.29) is 23.3 Å². The van der Waals surface area contributed by atoms with Gasteiger partial charge in [-0.1, -0.05) is 11.6 Å². The molecule has 1 spiro atoms. The third-order valence-corrected chi connectivity index (χ3v) is 11.0. The molecular weight excluding hydrogens is 612 g/mol. The van der Waals surface area contributed by atoms with Crippen LogP contribution >= 0.6 is 22.9 Å². The maximum Gasteiger partial charge on any atom is 0.338 e. The number of hydrogen-bond acceptors (Lipinski definition) is 8. The van der Waals surface area contributed by atoms with Gasteiger partial charge in [0.2, 0.25) is 0 Å². The molecule has 0 amide bonds. The molecule has 2 saturated heterocycles. The predicted molar refractivity (Wildman–Crippen MR) is 175 cm³/mol. The lowest BCUT2D eigenvalue weighted by molar-refractivity contribution is -0.0518. The molecule has 2 aliphatic heterocycles. The topological polar surface area (TPSA) is 107 Å². The number of benzene rings is 1. The summed E-state index contributed by atoms with van der Waals surface area (Å²) in [6.07, 6.45) is 7.08. The minimum absolute atomic E-state index is 0.0287. The van der Waals surface area contributed by atoms with Crippen LogP contribution in [-0.4, -0.2) is 68.5 Å². The average Bonchev–Trinajstić information content (AvgIpc) is 3.67. The number of aromatic carboxylic acids is 1. The van der Waals surface area contributed by atoms with E-state index in [1.807, 2.05) is 32.0 Å². The quantitative estimate of drug-likeness (QED) is 0.257. The van der Waals surface area contributed by atoms with Gasteiger partial charge in [0.15, 0.2) is 0 Å². The zero-order valence-electron chi connectivity index (χ0n) is 25.6. The Labute approximate surface area is 270 Å². The Hall–Kier alpha value is -3.31. The molecule has 1 N–H and O–H groups in total. The molecule has 3 aliphatic rings. The van der Waals surface area contributed by atoms with Crippen molar-refractivity contribution in [2.24, 2.45) is 0 Å². The fourth-order valence-corrected chi connectivity index (χ4v) is 8.59. The van der Waals surface area contributed by atoms with E-state index < -0.39 is 5.97 Å². The van der Waals surface area contributed by atoms with Gasteiger partial charge in [0.05, 0.1) is 33.6 Å². The summed E-state index contributed by atoms with van der Waals surface area (Å²) in [6, 6.07) is 7.68. The molecule has 0 unspecified atom stereocenters. The normalized spacial score (nSPS) is 19.7. The number of aryl methyl sites for hydroxylation is 3. The molecule has 0 radical (unpaired) electrons. The molecule has 0 bridgehead atoms. The van der Waals surface area contributed by atoms with Crippen molar-refractivity contribution >= 4 is 39.1 Å². The Balaban J connectivity index is 1.09. The molecule has 11 heteroatoms. The fraction of sp³-hybridized carbons (Fsp3) is 0.471. The highest BCUT2D eigenvalue weighted by atomic mass is 35.5. The highest BCUT2D eigenvalue weighted by molar-refractivity contribution is 7.18. The summed E-state index contributed by atoms with van der Waals surface area (Å²) in [7, 11) is 0. The molecule has 0 saturated carbocycles. The molecule has 45 heavy (non-hydrogen) atoms. The number of carboxylic acids is 1. The van der Waals surface area contributed by atoms with Crippen molar-refractivity contribution in [2.45, 2.75) is 77.0 Å². The molecule has 5 heterocycles. The first kappa shape index (κ1) is 30.3. The Bertz CT molecular complexity index is 1840. The summed E-state index contributed by atoms with van der Waals surface area (Å²) in [5.74, 6) is 0.283. The van der Waals surface area contributed by atoms with Gasteiger partial charge >= 0.3 is 5.97 Å². The number of likely N-dealkylation sites (tertiary alicyclic amines) is 1. The van der Waals surface area contributed by atoms with E-state index in [4.69, 9.17) is 26.1 Å². The second-order valence-electron chi connectivity index (χ2n) is 12.5. The van der Waals surface area contributed by atoms with Gasteiger partial charge in [-0.3, -0.25) is 19.2 Å². The van der Waals surface area contributed by atoms with Gasteiger partial charge < -0.3 is 14.6 Å². The van der Waals surface area contributed by atoms with Gasteiger partial charge in [-0.05, 0) is 83.1 Å². The first-order chi connectivity index (χ1) is 21.7. The second-order valence-corrected chi connectivity index (χ2v) is 13.9. The zero-order chi connectivity index (χ0) is 31.3. The lowest BCUT2D eigenvalue weighted by atomic mass is 9.85. The maximum atomic E-state index is 13.8. The molecule has 7 rings (SSSR count). The second kappa shape index (κ2) is 12.1. The number of pyridine rings is 1. The van der Waals surface area contributed by atoms with Crippen molar-refractivity contribution in [3.8, 4) is 16.9 Å². The number of hydrogen-bond donors (Lipinski definition) is 1. The van der Waals surface area contributed by atoms with E-state index in [1.165, 1.54) is 24.2 Å². The third kappa shape index (κ3) is 5.78. The van der Waals surface area contributed by atoms with E-state index in [0.29, 0.717) is 40.4 Å². The molecule has 9 nitrogen and oxygen atoms in total. The Morgan fingerprint density at radius 2 is 2.00 bits per heavy atom. The van der Waals surface area contributed by atoms with Gasteiger partial charge in [0.1, 0.15) is 18.2 Å². The number of halogens is 1. The number of carboxylic acid groups (broad SMARTS) is 1. The van der Waals surface area contributed by atoms with Crippen LogP contribution in [0.15, 0.2) is 34.4 Å². The number of aromatic nitrogens is 3. The van der Waals surface area contributed by atoms with Crippen LogP contribution < -0.4 is 10.3 Å². The monoisotopic (exact) mass is 648 g/mol. The number of nitrogens with zero attached hydrogens (tertiary/aromatic N) is 4. The molecular formula is C34H37ClN4O5S. The SMILES string of the molecule is Cc1cc(-c2cc(Cl)ccc2OCCn2c(C)nc3c(c2=O)C[C@@H](N2CCC4(CCCO4)CC2)CC3)c2scc(C(=O)O)c2n1. The summed E-state index contributed by atoms with van der Waals surface area (Å²) >= 11 is 7.76. The molecule has 3 aromatic heterocycles. The number of thiophene rings is 1. The molecule has 1 atom stereocenters. The number of rotatable bonds is 7. The number of carbonyl (C=O) groups is 1. The molecule has 236 valence electrons. The lowest BCUT2D eigenvalue weighted by Gasteiger charge is -2.43. The van der Waals surface area contributed by atoms with Crippen molar-refractivity contribution in [3.05, 3.63) is 73.4 Å². The van der Waals surface area contributed by atoms with Gasteiger partial charge in [0, 0.05) is 58.5 Å². The zero-order valence-corrected chi connectivity index (χ0v) is 27.2. The van der Waals surface area contributed by atoms with Crippen LogP contribution in [0, 0.1) is 13.8 Å². The Morgan fingerprint density at radius 3 is 2.76 bits per heavy atom. The maximum absolute atomic E-state index is 13.8. The summed E-state index contributed by atoms with van der Waals surface area (Å²) in [5.41, 5.74) is 4.77. The van der Waals surface area contributed by atoms with Crippen LogP contribution in [0.2, 0.25) is 5.02 Å². The van der Waals surface area contributed by atoms with E-state index in [9.17, 15) is 14.7 Å². The minimum atomic E-state index is -1.01. The van der Waals surface area contributed by atoms with Crippen molar-refractivity contribution in [2.75, 3.05) is 26.3 Å². The van der Waals surface area contributed by atoms with Gasteiger partial charge in [-0.15, -0.1) is 11.3 Å². The Kier molecular flexibility index (Phi) is 8.18. The summed E-state index contributed by atoms with van der Waals surface area (Å²) < 4.78 is 14.9. The largest absolute Gasteiger partial charge is 0.491 e. The predicted octanol–water partition coefficient (Wildman–Crippen LogP) is 6.07. The van der Waals surface area contributed by atoms with Crippen LogP contribution in [0.4, 0.5) is 0 Å². The van der Waals surface area contributed by atoms with Crippen LogP contribution in [0.3, 0.4) is 0 Å².